The van der Waals surface area contributed by atoms with E-state index in [4.69, 9.17) is 14.2 Å². The minimum atomic E-state index is -0.874. The summed E-state index contributed by atoms with van der Waals surface area (Å²) >= 11 is 0. The van der Waals surface area contributed by atoms with Crippen molar-refractivity contribution in [2.75, 3.05) is 13.2 Å². The SMILES string of the molecule is Cc1cc(C(=O)COC(=O)C2COc3ccccc3O2)c(C)n1C(C)C. The number of esters is 1. The van der Waals surface area contributed by atoms with Crippen molar-refractivity contribution in [1.29, 1.82) is 0 Å². The lowest BCUT2D eigenvalue weighted by Crippen LogP contribution is -2.38. The molecule has 0 saturated carbocycles. The largest absolute Gasteiger partial charge is 0.485 e. The molecule has 1 aliphatic heterocycles. The molecule has 0 aliphatic carbocycles. The number of hydrogen-bond acceptors (Lipinski definition) is 5. The lowest BCUT2D eigenvalue weighted by atomic mass is 10.1. The zero-order valence-corrected chi connectivity index (χ0v) is 15.4. The third-order valence-electron chi connectivity index (χ3n) is 4.42. The summed E-state index contributed by atoms with van der Waals surface area (Å²) in [5, 5.41) is 0. The van der Waals surface area contributed by atoms with Crippen molar-refractivity contribution in [2.24, 2.45) is 0 Å². The van der Waals surface area contributed by atoms with Crippen molar-refractivity contribution < 1.29 is 23.8 Å². The lowest BCUT2D eigenvalue weighted by molar-refractivity contribution is -0.153. The second-order valence-electron chi connectivity index (χ2n) is 6.64. The molecule has 0 amide bonds. The molecule has 138 valence electrons. The highest BCUT2D eigenvalue weighted by molar-refractivity contribution is 5.99. The van der Waals surface area contributed by atoms with E-state index >= 15 is 0 Å². The summed E-state index contributed by atoms with van der Waals surface area (Å²) in [7, 11) is 0. The zero-order valence-electron chi connectivity index (χ0n) is 15.4. The molecule has 6 nitrogen and oxygen atoms in total. The van der Waals surface area contributed by atoms with Crippen molar-refractivity contribution in [3.8, 4) is 11.5 Å². The number of benzene rings is 1. The number of ether oxygens (including phenoxy) is 3. The number of aromatic nitrogens is 1. The molecule has 2 aromatic rings. The molecule has 1 unspecified atom stereocenters. The molecule has 0 bridgehead atoms. The predicted octanol–water partition coefficient (Wildman–Crippen LogP) is 3.25. The van der Waals surface area contributed by atoms with Crippen molar-refractivity contribution in [3.05, 3.63) is 47.3 Å². The molecule has 26 heavy (non-hydrogen) atoms. The van der Waals surface area contributed by atoms with Gasteiger partial charge in [0.05, 0.1) is 0 Å². The number of carbonyl (C=O) groups is 2. The van der Waals surface area contributed by atoms with Crippen LogP contribution in [0.25, 0.3) is 0 Å². The Morgan fingerprint density at radius 3 is 2.58 bits per heavy atom. The van der Waals surface area contributed by atoms with Gasteiger partial charge in [-0.1, -0.05) is 12.1 Å². The molecule has 0 N–H and O–H groups in total. The van der Waals surface area contributed by atoms with Crippen LogP contribution >= 0.6 is 0 Å². The molecule has 1 aromatic heterocycles. The van der Waals surface area contributed by atoms with Gasteiger partial charge in [-0.05, 0) is 45.9 Å². The van der Waals surface area contributed by atoms with Crippen LogP contribution in [-0.4, -0.2) is 35.6 Å². The number of carbonyl (C=O) groups excluding carboxylic acids is 2. The van der Waals surface area contributed by atoms with Crippen LogP contribution in [0.3, 0.4) is 0 Å². The van der Waals surface area contributed by atoms with Crippen molar-refractivity contribution in [3.63, 3.8) is 0 Å². The minimum Gasteiger partial charge on any atom is -0.485 e. The van der Waals surface area contributed by atoms with E-state index in [1.807, 2.05) is 26.0 Å². The smallest absolute Gasteiger partial charge is 0.351 e. The third kappa shape index (κ3) is 3.45. The maximum Gasteiger partial charge on any atom is 0.351 e. The molecule has 0 spiro atoms. The second kappa shape index (κ2) is 7.23. The first-order valence-electron chi connectivity index (χ1n) is 8.65. The first-order chi connectivity index (χ1) is 12.4. The molecule has 1 atom stereocenters. The van der Waals surface area contributed by atoms with E-state index < -0.39 is 12.1 Å². The molecule has 0 radical (unpaired) electrons. The average Bonchev–Trinajstić information content (AvgIpc) is 2.93. The van der Waals surface area contributed by atoms with E-state index in [1.165, 1.54) is 0 Å². The zero-order chi connectivity index (χ0) is 18.8. The number of nitrogens with zero attached hydrogens (tertiary/aromatic N) is 1. The molecule has 0 fully saturated rings. The van der Waals surface area contributed by atoms with E-state index in [0.717, 1.165) is 11.4 Å². The number of aryl methyl sites for hydroxylation is 1. The summed E-state index contributed by atoms with van der Waals surface area (Å²) < 4.78 is 18.4. The van der Waals surface area contributed by atoms with Gasteiger partial charge in [-0.15, -0.1) is 0 Å². The lowest BCUT2D eigenvalue weighted by Gasteiger charge is -2.24. The van der Waals surface area contributed by atoms with Crippen LogP contribution in [-0.2, 0) is 9.53 Å². The number of Topliss-reactive ketones (excluding diaryl/α,β-unsaturated/α-hetero) is 1. The Hall–Kier alpha value is -2.76. The van der Waals surface area contributed by atoms with Crippen molar-refractivity contribution >= 4 is 11.8 Å². The average molecular weight is 357 g/mol. The highest BCUT2D eigenvalue weighted by Gasteiger charge is 2.29. The highest BCUT2D eigenvalue weighted by atomic mass is 16.6. The molecule has 1 aliphatic rings. The Bertz CT molecular complexity index is 837. The Morgan fingerprint density at radius 2 is 1.92 bits per heavy atom. The summed E-state index contributed by atoms with van der Waals surface area (Å²) in [5.41, 5.74) is 2.47. The van der Waals surface area contributed by atoms with Gasteiger partial charge < -0.3 is 18.8 Å². The van der Waals surface area contributed by atoms with Gasteiger partial charge in [-0.25, -0.2) is 4.79 Å². The van der Waals surface area contributed by atoms with Gasteiger partial charge in [0, 0.05) is 23.0 Å². The fourth-order valence-corrected chi connectivity index (χ4v) is 3.30. The third-order valence-corrected chi connectivity index (χ3v) is 4.42. The van der Waals surface area contributed by atoms with Crippen LogP contribution in [0.5, 0.6) is 11.5 Å². The number of fused-ring (bicyclic) bond motifs is 1. The van der Waals surface area contributed by atoms with Crippen molar-refractivity contribution in [2.45, 2.75) is 39.8 Å². The van der Waals surface area contributed by atoms with Crippen LogP contribution in [0.15, 0.2) is 30.3 Å². The monoisotopic (exact) mass is 357 g/mol. The van der Waals surface area contributed by atoms with E-state index in [-0.39, 0.29) is 25.0 Å². The first-order valence-corrected chi connectivity index (χ1v) is 8.65. The fraction of sp³-hybridized carbons (Fsp3) is 0.400. The van der Waals surface area contributed by atoms with Crippen LogP contribution in [0.4, 0.5) is 0 Å². The van der Waals surface area contributed by atoms with Crippen LogP contribution in [0.2, 0.25) is 0 Å². The van der Waals surface area contributed by atoms with Gasteiger partial charge in [-0.3, -0.25) is 4.79 Å². The fourth-order valence-electron chi connectivity index (χ4n) is 3.30. The van der Waals surface area contributed by atoms with Crippen molar-refractivity contribution in [1.82, 2.24) is 4.57 Å². The molecule has 6 heteroatoms. The number of para-hydroxylation sites is 2. The maximum atomic E-state index is 12.5. The van der Waals surface area contributed by atoms with Gasteiger partial charge in [0.25, 0.3) is 0 Å². The second-order valence-corrected chi connectivity index (χ2v) is 6.64. The number of ketones is 1. The van der Waals surface area contributed by atoms with Gasteiger partial charge in [0.1, 0.15) is 6.61 Å². The predicted molar refractivity (Wildman–Crippen MR) is 95.9 cm³/mol. The normalized spacial score (nSPS) is 15.8. The quantitative estimate of drug-likeness (QED) is 0.607. The molecule has 2 heterocycles. The summed E-state index contributed by atoms with van der Waals surface area (Å²) in [5.74, 6) is 0.252. The number of rotatable bonds is 5. The molecular formula is C20H23NO5. The number of hydrogen-bond donors (Lipinski definition) is 0. The standard InChI is InChI=1S/C20H23NO5/c1-12(2)21-13(3)9-15(14(21)4)16(22)10-25-20(23)19-11-24-17-7-5-6-8-18(17)26-19/h5-9,12,19H,10-11H2,1-4H3. The summed E-state index contributed by atoms with van der Waals surface area (Å²) in [6, 6.07) is 9.21. The summed E-state index contributed by atoms with van der Waals surface area (Å²) in [4.78, 5) is 24.7. The Kier molecular flexibility index (Phi) is 5.02. The molecular weight excluding hydrogens is 334 g/mol. The molecule has 0 saturated heterocycles. The van der Waals surface area contributed by atoms with Gasteiger partial charge in [0.2, 0.25) is 11.9 Å². The Morgan fingerprint density at radius 1 is 1.23 bits per heavy atom. The van der Waals surface area contributed by atoms with Gasteiger partial charge in [-0.2, -0.15) is 0 Å². The first kappa shape index (κ1) is 18.0. The van der Waals surface area contributed by atoms with Crippen LogP contribution < -0.4 is 9.47 Å². The minimum absolute atomic E-state index is 0.0614. The van der Waals surface area contributed by atoms with Gasteiger partial charge in [0.15, 0.2) is 18.1 Å². The maximum absolute atomic E-state index is 12.5. The summed E-state index contributed by atoms with van der Waals surface area (Å²) in [6.07, 6.45) is -0.874. The van der Waals surface area contributed by atoms with E-state index in [2.05, 4.69) is 18.4 Å². The van der Waals surface area contributed by atoms with Crippen LogP contribution in [0, 0.1) is 13.8 Å². The molecule has 3 rings (SSSR count). The van der Waals surface area contributed by atoms with E-state index in [9.17, 15) is 9.59 Å². The van der Waals surface area contributed by atoms with E-state index in [0.29, 0.717) is 17.1 Å². The molecule has 1 aromatic carbocycles. The van der Waals surface area contributed by atoms with Gasteiger partial charge >= 0.3 is 5.97 Å². The van der Waals surface area contributed by atoms with E-state index in [1.54, 1.807) is 18.2 Å². The van der Waals surface area contributed by atoms with Crippen LogP contribution in [0.1, 0.15) is 41.6 Å². The summed E-state index contributed by atoms with van der Waals surface area (Å²) in [6.45, 7) is 7.73. The highest BCUT2D eigenvalue weighted by Crippen LogP contribution is 2.31. The Balaban J connectivity index is 1.62. The Labute approximate surface area is 152 Å². The topological polar surface area (TPSA) is 66.8 Å².